The van der Waals surface area contributed by atoms with Gasteiger partial charge in [-0.3, -0.25) is 19.9 Å². The fourth-order valence-electron chi connectivity index (χ4n) is 2.21. The third-order valence-corrected chi connectivity index (χ3v) is 3.15. The van der Waals surface area contributed by atoms with Gasteiger partial charge >= 0.3 is 0 Å². The van der Waals surface area contributed by atoms with Crippen LogP contribution in [0.15, 0.2) is 24.5 Å². The number of hydrogen-bond acceptors (Lipinski definition) is 5. The molecule has 0 radical (unpaired) electrons. The van der Waals surface area contributed by atoms with Gasteiger partial charge in [0.15, 0.2) is 0 Å². The zero-order valence-corrected chi connectivity index (χ0v) is 11.4. The summed E-state index contributed by atoms with van der Waals surface area (Å²) in [5.41, 5.74) is 0.607. The van der Waals surface area contributed by atoms with Crippen molar-refractivity contribution < 1.29 is 9.59 Å². The fraction of sp³-hybridized carbons (Fsp3) is 0.308. The Morgan fingerprint density at radius 3 is 3.19 bits per heavy atom. The smallest absolute Gasteiger partial charge is 0.232 e. The number of carbonyl (C=O) groups is 2. The third-order valence-electron chi connectivity index (χ3n) is 3.15. The standard InChI is InChI=1S/C13H14N6O2/c1-8-15-13-17-12(21)9(7-19(13)18-8)5-11(20)16-10-3-2-4-14-6-10/h2-4,6,9H,5,7H2,1H3,(H,16,20)(H,15,17,18,21). The SMILES string of the molecule is Cc1nc2n(n1)CC(CC(=O)Nc1cccnc1)C(=O)N2. The van der Waals surface area contributed by atoms with Gasteiger partial charge in [-0.25, -0.2) is 4.68 Å². The predicted octanol–water partition coefficient (Wildman–Crippen LogP) is 0.579. The minimum Gasteiger partial charge on any atom is -0.325 e. The summed E-state index contributed by atoms with van der Waals surface area (Å²) < 4.78 is 1.61. The van der Waals surface area contributed by atoms with Gasteiger partial charge in [-0.15, -0.1) is 0 Å². The van der Waals surface area contributed by atoms with Crippen LogP contribution in [0.3, 0.4) is 0 Å². The number of anilines is 2. The van der Waals surface area contributed by atoms with E-state index in [0.717, 1.165) is 0 Å². The Labute approximate surface area is 120 Å². The second kappa shape index (κ2) is 5.31. The molecule has 2 aromatic rings. The summed E-state index contributed by atoms with van der Waals surface area (Å²) in [6.07, 6.45) is 3.26. The number of aromatic nitrogens is 4. The van der Waals surface area contributed by atoms with Crippen LogP contribution in [0.5, 0.6) is 0 Å². The first-order valence-electron chi connectivity index (χ1n) is 6.54. The van der Waals surface area contributed by atoms with E-state index in [1.165, 1.54) is 0 Å². The molecule has 0 aliphatic carbocycles. The molecule has 2 aromatic heterocycles. The molecule has 0 bridgehead atoms. The summed E-state index contributed by atoms with van der Waals surface area (Å²) in [7, 11) is 0. The van der Waals surface area contributed by atoms with Crippen molar-refractivity contribution in [3.63, 3.8) is 0 Å². The number of rotatable bonds is 3. The van der Waals surface area contributed by atoms with Crippen LogP contribution in [0.1, 0.15) is 12.2 Å². The van der Waals surface area contributed by atoms with Crippen molar-refractivity contribution in [1.82, 2.24) is 19.7 Å². The summed E-state index contributed by atoms with van der Waals surface area (Å²) >= 11 is 0. The minimum atomic E-state index is -0.463. The highest BCUT2D eigenvalue weighted by Gasteiger charge is 2.29. The number of pyridine rings is 1. The maximum Gasteiger partial charge on any atom is 0.232 e. The number of carbonyl (C=O) groups excluding carboxylic acids is 2. The molecule has 21 heavy (non-hydrogen) atoms. The monoisotopic (exact) mass is 286 g/mol. The Balaban J connectivity index is 1.65. The van der Waals surface area contributed by atoms with Crippen molar-refractivity contribution in [2.45, 2.75) is 19.9 Å². The second-order valence-electron chi connectivity index (χ2n) is 4.84. The van der Waals surface area contributed by atoms with Crippen LogP contribution < -0.4 is 10.6 Å². The lowest BCUT2D eigenvalue weighted by molar-refractivity contribution is -0.125. The van der Waals surface area contributed by atoms with E-state index in [1.807, 2.05) is 0 Å². The minimum absolute atomic E-state index is 0.0824. The highest BCUT2D eigenvalue weighted by Crippen LogP contribution is 2.19. The van der Waals surface area contributed by atoms with Gasteiger partial charge in [0.2, 0.25) is 17.8 Å². The quantitative estimate of drug-likeness (QED) is 0.859. The van der Waals surface area contributed by atoms with Crippen LogP contribution in [-0.2, 0) is 16.1 Å². The Bertz CT molecular complexity index is 681. The molecular formula is C13H14N6O2. The molecule has 0 spiro atoms. The zero-order chi connectivity index (χ0) is 14.8. The van der Waals surface area contributed by atoms with Gasteiger partial charge in [0.1, 0.15) is 5.82 Å². The Kier molecular flexibility index (Phi) is 3.35. The lowest BCUT2D eigenvalue weighted by Gasteiger charge is -2.21. The van der Waals surface area contributed by atoms with Crippen molar-refractivity contribution >= 4 is 23.5 Å². The number of nitrogens with one attached hydrogen (secondary N) is 2. The average molecular weight is 286 g/mol. The van der Waals surface area contributed by atoms with Gasteiger partial charge in [0, 0.05) is 12.6 Å². The molecule has 1 atom stereocenters. The second-order valence-corrected chi connectivity index (χ2v) is 4.84. The summed E-state index contributed by atoms with van der Waals surface area (Å²) in [4.78, 5) is 32.0. The molecule has 2 N–H and O–H groups in total. The Hall–Kier alpha value is -2.77. The van der Waals surface area contributed by atoms with Gasteiger partial charge in [-0.05, 0) is 19.1 Å². The maximum atomic E-state index is 12.0. The van der Waals surface area contributed by atoms with Crippen molar-refractivity contribution in [1.29, 1.82) is 0 Å². The number of amides is 2. The number of nitrogens with zero attached hydrogens (tertiary/aromatic N) is 4. The zero-order valence-electron chi connectivity index (χ0n) is 11.4. The summed E-state index contributed by atoms with van der Waals surface area (Å²) in [6.45, 7) is 2.10. The van der Waals surface area contributed by atoms with Crippen molar-refractivity contribution in [2.24, 2.45) is 5.92 Å². The van der Waals surface area contributed by atoms with Crippen molar-refractivity contribution in [2.75, 3.05) is 10.6 Å². The highest BCUT2D eigenvalue weighted by molar-refractivity contribution is 5.98. The van der Waals surface area contributed by atoms with Crippen LogP contribution in [0.2, 0.25) is 0 Å². The fourth-order valence-corrected chi connectivity index (χ4v) is 2.21. The molecule has 0 aromatic carbocycles. The van der Waals surface area contributed by atoms with E-state index in [0.29, 0.717) is 24.0 Å². The highest BCUT2D eigenvalue weighted by atomic mass is 16.2. The molecule has 3 rings (SSSR count). The van der Waals surface area contributed by atoms with Crippen LogP contribution in [0.4, 0.5) is 11.6 Å². The van der Waals surface area contributed by atoms with Crippen molar-refractivity contribution in [3.05, 3.63) is 30.4 Å². The molecule has 108 valence electrons. The molecule has 1 unspecified atom stereocenters. The molecule has 1 aliphatic rings. The lowest BCUT2D eigenvalue weighted by atomic mass is 10.0. The molecule has 2 amide bonds. The van der Waals surface area contributed by atoms with Gasteiger partial charge in [-0.2, -0.15) is 10.1 Å². The van der Waals surface area contributed by atoms with E-state index >= 15 is 0 Å². The van der Waals surface area contributed by atoms with Crippen LogP contribution >= 0.6 is 0 Å². The van der Waals surface area contributed by atoms with Crippen LogP contribution in [-0.4, -0.2) is 31.6 Å². The lowest BCUT2D eigenvalue weighted by Crippen LogP contribution is -2.36. The van der Waals surface area contributed by atoms with Gasteiger partial charge in [0.25, 0.3) is 0 Å². The van der Waals surface area contributed by atoms with E-state index in [1.54, 1.807) is 36.1 Å². The number of hydrogen-bond donors (Lipinski definition) is 2. The van der Waals surface area contributed by atoms with Crippen LogP contribution in [0.25, 0.3) is 0 Å². The van der Waals surface area contributed by atoms with Crippen molar-refractivity contribution in [3.8, 4) is 0 Å². The van der Waals surface area contributed by atoms with E-state index in [-0.39, 0.29) is 18.2 Å². The largest absolute Gasteiger partial charge is 0.325 e. The van der Waals surface area contributed by atoms with Gasteiger partial charge < -0.3 is 5.32 Å². The van der Waals surface area contributed by atoms with Gasteiger partial charge in [-0.1, -0.05) is 0 Å². The predicted molar refractivity (Wildman–Crippen MR) is 74.4 cm³/mol. The molecule has 0 saturated heterocycles. The van der Waals surface area contributed by atoms with E-state index in [4.69, 9.17) is 0 Å². The number of aryl methyl sites for hydroxylation is 1. The molecular weight excluding hydrogens is 272 g/mol. The molecule has 0 fully saturated rings. The third kappa shape index (κ3) is 2.88. The van der Waals surface area contributed by atoms with E-state index < -0.39 is 5.92 Å². The first kappa shape index (κ1) is 13.2. The first-order valence-corrected chi connectivity index (χ1v) is 6.54. The Morgan fingerprint density at radius 2 is 2.43 bits per heavy atom. The van der Waals surface area contributed by atoms with Crippen LogP contribution in [0, 0.1) is 12.8 Å². The normalized spacial score (nSPS) is 17.0. The Morgan fingerprint density at radius 1 is 1.57 bits per heavy atom. The summed E-state index contributed by atoms with van der Waals surface area (Å²) in [5.74, 6) is 0.113. The molecule has 8 nitrogen and oxygen atoms in total. The first-order chi connectivity index (χ1) is 10.1. The number of fused-ring (bicyclic) bond motifs is 1. The van der Waals surface area contributed by atoms with E-state index in [2.05, 4.69) is 25.7 Å². The maximum absolute atomic E-state index is 12.0. The van der Waals surface area contributed by atoms with E-state index in [9.17, 15) is 9.59 Å². The summed E-state index contributed by atoms with van der Waals surface area (Å²) in [5, 5.41) is 9.55. The molecule has 8 heteroatoms. The average Bonchev–Trinajstić information content (AvgIpc) is 2.79. The summed E-state index contributed by atoms with van der Waals surface area (Å²) in [6, 6.07) is 3.47. The molecule has 1 aliphatic heterocycles. The topological polar surface area (TPSA) is 102 Å². The van der Waals surface area contributed by atoms with Gasteiger partial charge in [0.05, 0.1) is 24.3 Å². The molecule has 3 heterocycles. The molecule has 0 saturated carbocycles.